The van der Waals surface area contributed by atoms with Crippen molar-refractivity contribution in [2.75, 3.05) is 11.9 Å². The van der Waals surface area contributed by atoms with E-state index >= 15 is 0 Å². The van der Waals surface area contributed by atoms with Crippen LogP contribution >= 0.6 is 11.3 Å². The Labute approximate surface area is 115 Å². The highest BCUT2D eigenvalue weighted by Crippen LogP contribution is 2.31. The lowest BCUT2D eigenvalue weighted by Gasteiger charge is -2.08. The molecule has 0 aliphatic heterocycles. The van der Waals surface area contributed by atoms with E-state index in [4.69, 9.17) is 10.4 Å². The van der Waals surface area contributed by atoms with Crippen molar-refractivity contribution in [3.63, 3.8) is 0 Å². The second-order valence-electron chi connectivity index (χ2n) is 4.09. The van der Waals surface area contributed by atoms with Crippen molar-refractivity contribution in [1.29, 1.82) is 5.26 Å². The van der Waals surface area contributed by atoms with Gasteiger partial charge in [0.25, 0.3) is 0 Å². The number of nitrogens with one attached hydrogen (secondary N) is 2. The summed E-state index contributed by atoms with van der Waals surface area (Å²) in [6, 6.07) is 1.26. The van der Waals surface area contributed by atoms with Gasteiger partial charge in [0, 0.05) is 4.88 Å². The quantitative estimate of drug-likeness (QED) is 0.753. The Morgan fingerprint density at radius 1 is 1.47 bits per heavy atom. The fourth-order valence-corrected chi connectivity index (χ4v) is 2.38. The van der Waals surface area contributed by atoms with Crippen LogP contribution < -0.4 is 10.6 Å². The van der Waals surface area contributed by atoms with Crippen LogP contribution in [0.2, 0.25) is 0 Å². The second-order valence-corrected chi connectivity index (χ2v) is 5.31. The van der Waals surface area contributed by atoms with E-state index in [2.05, 4.69) is 16.7 Å². The molecule has 1 rings (SSSR count). The molecule has 1 aromatic rings. The zero-order valence-corrected chi connectivity index (χ0v) is 11.7. The topological polar surface area (TPSA) is 102 Å². The van der Waals surface area contributed by atoms with E-state index in [1.807, 2.05) is 13.8 Å². The molecule has 1 unspecified atom stereocenters. The summed E-state index contributed by atoms with van der Waals surface area (Å²) in [5, 5.41) is 23.4. The average molecular weight is 281 g/mol. The molecule has 0 spiro atoms. The van der Waals surface area contributed by atoms with E-state index in [9.17, 15) is 9.59 Å². The second kappa shape index (κ2) is 6.31. The normalized spacial score (nSPS) is 11.7. The summed E-state index contributed by atoms with van der Waals surface area (Å²) in [6.45, 7) is 5.04. The number of carbonyl (C=O) groups excluding carboxylic acids is 1. The summed E-state index contributed by atoms with van der Waals surface area (Å²) in [5.74, 6) is -1.39. The number of carboxylic acids is 1. The molecule has 1 amide bonds. The Balaban J connectivity index is 2.66. The van der Waals surface area contributed by atoms with Crippen LogP contribution in [-0.2, 0) is 9.59 Å². The number of nitriles is 1. The van der Waals surface area contributed by atoms with Gasteiger partial charge in [-0.1, -0.05) is 0 Å². The van der Waals surface area contributed by atoms with Crippen LogP contribution in [0.3, 0.4) is 0 Å². The number of nitrogens with zero attached hydrogens (tertiary/aromatic N) is 1. The zero-order valence-electron chi connectivity index (χ0n) is 10.9. The van der Waals surface area contributed by atoms with Crippen molar-refractivity contribution in [1.82, 2.24) is 5.32 Å². The van der Waals surface area contributed by atoms with Crippen molar-refractivity contribution >= 4 is 28.2 Å². The van der Waals surface area contributed by atoms with Crippen molar-refractivity contribution in [3.05, 3.63) is 16.0 Å². The van der Waals surface area contributed by atoms with E-state index in [0.29, 0.717) is 10.6 Å². The zero-order chi connectivity index (χ0) is 14.6. The summed E-state index contributed by atoms with van der Waals surface area (Å²) < 4.78 is 0. The first-order valence-electron chi connectivity index (χ1n) is 5.63. The Hall–Kier alpha value is -1.91. The third kappa shape index (κ3) is 3.77. The highest BCUT2D eigenvalue weighted by Gasteiger charge is 2.16. The van der Waals surface area contributed by atoms with Crippen LogP contribution in [0.4, 0.5) is 5.00 Å². The van der Waals surface area contributed by atoms with Gasteiger partial charge in [0.2, 0.25) is 5.91 Å². The molecular formula is C12H15N3O3S. The van der Waals surface area contributed by atoms with Crippen molar-refractivity contribution in [3.8, 4) is 6.07 Å². The van der Waals surface area contributed by atoms with Gasteiger partial charge in [-0.3, -0.25) is 14.9 Å². The lowest BCUT2D eigenvalue weighted by atomic mass is 10.2. The minimum atomic E-state index is -1.02. The van der Waals surface area contributed by atoms with Gasteiger partial charge in [0.1, 0.15) is 17.1 Å². The molecular weight excluding hydrogens is 266 g/mol. The number of rotatable bonds is 5. The van der Waals surface area contributed by atoms with Crippen LogP contribution in [0.5, 0.6) is 0 Å². The van der Waals surface area contributed by atoms with Crippen LogP contribution in [0, 0.1) is 25.2 Å². The molecule has 1 heterocycles. The number of hydrogen-bond donors (Lipinski definition) is 3. The first-order valence-corrected chi connectivity index (χ1v) is 6.44. The number of hydrogen-bond acceptors (Lipinski definition) is 5. The SMILES string of the molecule is Cc1sc(NC(=O)CNC(C)C(=O)O)c(C#N)c1C. The highest BCUT2D eigenvalue weighted by molar-refractivity contribution is 7.16. The number of aliphatic carboxylic acids is 1. The number of carboxylic acid groups (broad SMARTS) is 1. The maximum absolute atomic E-state index is 11.7. The van der Waals surface area contributed by atoms with Gasteiger partial charge in [0.05, 0.1) is 12.1 Å². The van der Waals surface area contributed by atoms with Gasteiger partial charge >= 0.3 is 5.97 Å². The van der Waals surface area contributed by atoms with Crippen LogP contribution in [0.15, 0.2) is 0 Å². The first-order chi connectivity index (χ1) is 8.86. The molecule has 0 saturated carbocycles. The minimum Gasteiger partial charge on any atom is -0.480 e. The standard InChI is InChI=1S/C12H15N3O3S/c1-6-8(3)19-11(9(6)4-13)15-10(16)5-14-7(2)12(17)18/h7,14H,5H2,1-3H3,(H,15,16)(H,17,18). The van der Waals surface area contributed by atoms with E-state index in [1.54, 1.807) is 0 Å². The summed E-state index contributed by atoms with van der Waals surface area (Å²) in [4.78, 5) is 23.2. The van der Waals surface area contributed by atoms with Gasteiger partial charge in [-0.2, -0.15) is 5.26 Å². The summed E-state index contributed by atoms with van der Waals surface area (Å²) in [5.41, 5.74) is 1.32. The molecule has 7 heteroatoms. The minimum absolute atomic E-state index is 0.117. The lowest BCUT2D eigenvalue weighted by molar-refractivity contribution is -0.139. The van der Waals surface area contributed by atoms with Crippen molar-refractivity contribution in [2.24, 2.45) is 0 Å². The molecule has 102 valence electrons. The Morgan fingerprint density at radius 3 is 2.63 bits per heavy atom. The number of anilines is 1. The van der Waals surface area contributed by atoms with Gasteiger partial charge < -0.3 is 10.4 Å². The van der Waals surface area contributed by atoms with Crippen LogP contribution in [0.25, 0.3) is 0 Å². The molecule has 0 aromatic carbocycles. The molecule has 0 radical (unpaired) electrons. The molecule has 0 saturated heterocycles. The number of aryl methyl sites for hydroxylation is 1. The van der Waals surface area contributed by atoms with Gasteiger partial charge in [-0.05, 0) is 26.3 Å². The predicted octanol–water partition coefficient (Wildman–Crippen LogP) is 1.24. The summed E-state index contributed by atoms with van der Waals surface area (Å²) in [7, 11) is 0. The molecule has 1 atom stereocenters. The van der Waals surface area contributed by atoms with Crippen LogP contribution in [0.1, 0.15) is 22.9 Å². The fraction of sp³-hybridized carbons (Fsp3) is 0.417. The first kappa shape index (κ1) is 15.1. The van der Waals surface area contributed by atoms with E-state index in [-0.39, 0.29) is 12.5 Å². The molecule has 19 heavy (non-hydrogen) atoms. The summed E-state index contributed by atoms with van der Waals surface area (Å²) >= 11 is 1.34. The maximum atomic E-state index is 11.7. The Bertz CT molecular complexity index is 545. The molecule has 0 aliphatic carbocycles. The van der Waals surface area contributed by atoms with Crippen LogP contribution in [-0.4, -0.2) is 29.6 Å². The fourth-order valence-electron chi connectivity index (χ4n) is 1.35. The van der Waals surface area contributed by atoms with Gasteiger partial charge in [-0.15, -0.1) is 11.3 Å². The molecule has 6 nitrogen and oxygen atoms in total. The highest BCUT2D eigenvalue weighted by atomic mass is 32.1. The summed E-state index contributed by atoms with van der Waals surface area (Å²) in [6.07, 6.45) is 0. The smallest absolute Gasteiger partial charge is 0.320 e. The van der Waals surface area contributed by atoms with Crippen molar-refractivity contribution < 1.29 is 14.7 Å². The number of carbonyl (C=O) groups is 2. The Kier molecular flexibility index (Phi) is 5.03. The van der Waals surface area contributed by atoms with Gasteiger partial charge in [0.15, 0.2) is 0 Å². The van der Waals surface area contributed by atoms with E-state index in [1.165, 1.54) is 18.3 Å². The number of thiophene rings is 1. The van der Waals surface area contributed by atoms with Crippen molar-refractivity contribution in [2.45, 2.75) is 26.8 Å². The largest absolute Gasteiger partial charge is 0.480 e. The number of amides is 1. The maximum Gasteiger partial charge on any atom is 0.320 e. The molecule has 0 bridgehead atoms. The molecule has 1 aromatic heterocycles. The average Bonchev–Trinajstić information content (AvgIpc) is 2.61. The van der Waals surface area contributed by atoms with E-state index in [0.717, 1.165) is 10.4 Å². The monoisotopic (exact) mass is 281 g/mol. The Morgan fingerprint density at radius 2 is 2.11 bits per heavy atom. The molecule has 0 aliphatic rings. The van der Waals surface area contributed by atoms with E-state index < -0.39 is 12.0 Å². The predicted molar refractivity (Wildman–Crippen MR) is 72.2 cm³/mol. The molecule has 0 fully saturated rings. The van der Waals surface area contributed by atoms with Gasteiger partial charge in [-0.25, -0.2) is 0 Å². The molecule has 3 N–H and O–H groups in total. The third-order valence-electron chi connectivity index (χ3n) is 2.69. The lowest BCUT2D eigenvalue weighted by Crippen LogP contribution is -2.39. The third-order valence-corrected chi connectivity index (χ3v) is 3.81.